The molecule has 0 spiro atoms. The molecule has 1 atom stereocenters. The van der Waals surface area contributed by atoms with Crippen molar-refractivity contribution in [3.05, 3.63) is 83.1 Å². The van der Waals surface area contributed by atoms with E-state index in [2.05, 4.69) is 24.9 Å². The molecule has 47 heavy (non-hydrogen) atoms. The molecule has 0 bridgehead atoms. The highest BCUT2D eigenvalue weighted by atomic mass is 32.2. The minimum absolute atomic E-state index is 0.104. The second-order valence-corrected chi connectivity index (χ2v) is 13.9. The highest BCUT2D eigenvalue weighted by Gasteiger charge is 2.38. The Balaban J connectivity index is 1.24. The first-order valence-electron chi connectivity index (χ1n) is 14.9. The summed E-state index contributed by atoms with van der Waals surface area (Å²) in [6, 6.07) is 8.70. The average molecular weight is 667 g/mol. The number of H-pyrrole nitrogens is 2. The third kappa shape index (κ3) is 6.43. The number of aromatic amines is 2. The molecule has 3 aromatic heterocycles. The van der Waals surface area contributed by atoms with Crippen molar-refractivity contribution in [2.45, 2.75) is 31.4 Å². The number of alkyl halides is 2. The monoisotopic (exact) mass is 666 g/mol. The summed E-state index contributed by atoms with van der Waals surface area (Å²) in [7, 11) is -3.50. The fourth-order valence-corrected chi connectivity index (χ4v) is 6.56. The van der Waals surface area contributed by atoms with Crippen molar-refractivity contribution in [2.75, 3.05) is 25.9 Å². The van der Waals surface area contributed by atoms with Crippen molar-refractivity contribution < 1.29 is 26.0 Å². The number of hydrogen-bond acceptors (Lipinski definition) is 7. The molecule has 0 saturated carbocycles. The molecule has 5 aromatic rings. The first kappa shape index (κ1) is 31.2. The van der Waals surface area contributed by atoms with Crippen LogP contribution in [0.1, 0.15) is 24.0 Å². The van der Waals surface area contributed by atoms with Crippen LogP contribution in [-0.2, 0) is 16.6 Å². The summed E-state index contributed by atoms with van der Waals surface area (Å²) in [4.78, 5) is 14.1. The van der Waals surface area contributed by atoms with Crippen LogP contribution in [0.4, 0.5) is 17.6 Å². The van der Waals surface area contributed by atoms with E-state index >= 15 is 4.39 Å². The molecule has 1 saturated heterocycles. The number of imidazole rings is 1. The van der Waals surface area contributed by atoms with Gasteiger partial charge in [0.25, 0.3) is 5.92 Å². The average Bonchev–Trinajstić information content (AvgIpc) is 3.72. The normalized spacial score (nSPS) is 18.6. The molecule has 2 aliphatic rings. The van der Waals surface area contributed by atoms with E-state index in [0.717, 1.165) is 17.4 Å². The van der Waals surface area contributed by atoms with Gasteiger partial charge in [0.2, 0.25) is 10.0 Å². The summed E-state index contributed by atoms with van der Waals surface area (Å²) < 4.78 is 83.2. The maximum absolute atomic E-state index is 15.5. The van der Waals surface area contributed by atoms with Crippen molar-refractivity contribution in [3.63, 3.8) is 0 Å². The van der Waals surface area contributed by atoms with Crippen molar-refractivity contribution in [1.29, 1.82) is 0 Å². The largest absolute Gasteiger partial charge is 0.337 e. The van der Waals surface area contributed by atoms with Gasteiger partial charge in [0.1, 0.15) is 22.5 Å². The molecule has 2 aromatic carbocycles. The Morgan fingerprint density at radius 3 is 2.72 bits per heavy atom. The number of nitrogens with two attached hydrogens (primary N) is 1. The standard InChI is InChI=1S/C32H30F4N8O2S/c1-47(45,46)39-14-17-8-20(11-22(33)9-17)27-30-26(4-6-38-27)40-31(41-30)29-23-12-19(13-24(34)28(23)42-43-29)18-2-3-25(37)21(10-18)15-44-7-5-32(35,36)16-44/h2,4,6,8-13,25,39H,3,5,7,14-16,37H2,1H3,(H,40,41)(H,42,43). The van der Waals surface area contributed by atoms with E-state index in [0.29, 0.717) is 63.3 Å². The van der Waals surface area contributed by atoms with Crippen molar-refractivity contribution in [1.82, 2.24) is 34.8 Å². The maximum atomic E-state index is 15.5. The van der Waals surface area contributed by atoms with Gasteiger partial charge in [-0.15, -0.1) is 0 Å². The number of pyridine rings is 1. The molecule has 1 aliphatic carbocycles. The summed E-state index contributed by atoms with van der Waals surface area (Å²) in [5, 5.41) is 7.53. The van der Waals surface area contributed by atoms with Gasteiger partial charge in [0.05, 0.1) is 24.0 Å². The zero-order valence-electron chi connectivity index (χ0n) is 25.1. The van der Waals surface area contributed by atoms with Crippen LogP contribution < -0.4 is 10.5 Å². The zero-order chi connectivity index (χ0) is 33.1. The molecule has 0 radical (unpaired) electrons. The summed E-state index contributed by atoms with van der Waals surface area (Å²) in [5.74, 6) is -3.50. The van der Waals surface area contributed by atoms with Gasteiger partial charge in [-0.25, -0.2) is 35.7 Å². The van der Waals surface area contributed by atoms with Crippen LogP contribution in [0.25, 0.3) is 50.3 Å². The molecule has 7 rings (SSSR count). The molecule has 1 aliphatic heterocycles. The first-order chi connectivity index (χ1) is 22.3. The van der Waals surface area contributed by atoms with Crippen molar-refractivity contribution in [2.24, 2.45) is 5.73 Å². The fraction of sp³-hybridized carbons (Fsp3) is 0.281. The van der Waals surface area contributed by atoms with E-state index in [1.54, 1.807) is 23.1 Å². The van der Waals surface area contributed by atoms with E-state index in [1.807, 2.05) is 12.2 Å². The number of nitrogens with one attached hydrogen (secondary N) is 3. The minimum Gasteiger partial charge on any atom is -0.337 e. The smallest absolute Gasteiger partial charge is 0.261 e. The number of aromatic nitrogens is 5. The predicted molar refractivity (Wildman–Crippen MR) is 171 cm³/mol. The van der Waals surface area contributed by atoms with Gasteiger partial charge >= 0.3 is 0 Å². The number of rotatable bonds is 8. The van der Waals surface area contributed by atoms with E-state index in [9.17, 15) is 21.6 Å². The Labute approximate surface area is 266 Å². The van der Waals surface area contributed by atoms with Gasteiger partial charge in [-0.1, -0.05) is 12.2 Å². The number of hydrogen-bond donors (Lipinski definition) is 4. The number of benzene rings is 2. The van der Waals surface area contributed by atoms with Gasteiger partial charge in [-0.2, -0.15) is 5.10 Å². The number of nitrogens with zero attached hydrogens (tertiary/aromatic N) is 4. The van der Waals surface area contributed by atoms with Crippen LogP contribution in [0, 0.1) is 11.6 Å². The molecule has 0 amide bonds. The Morgan fingerprint density at radius 1 is 1.13 bits per heavy atom. The number of sulfonamides is 1. The second-order valence-electron chi connectivity index (χ2n) is 12.1. The molecule has 5 N–H and O–H groups in total. The number of likely N-dealkylation sites (tertiary alicyclic amines) is 1. The zero-order valence-corrected chi connectivity index (χ0v) is 25.9. The lowest BCUT2D eigenvalue weighted by Gasteiger charge is -2.25. The van der Waals surface area contributed by atoms with E-state index in [1.165, 1.54) is 24.4 Å². The summed E-state index contributed by atoms with van der Waals surface area (Å²) in [6.45, 7) is 0.175. The molecular weight excluding hydrogens is 636 g/mol. The topological polar surface area (TPSA) is 146 Å². The van der Waals surface area contributed by atoms with Crippen molar-refractivity contribution in [3.8, 4) is 22.8 Å². The van der Waals surface area contributed by atoms with Gasteiger partial charge in [-0.3, -0.25) is 15.0 Å². The lowest BCUT2D eigenvalue weighted by molar-refractivity contribution is 0.0130. The summed E-state index contributed by atoms with van der Waals surface area (Å²) >= 11 is 0. The van der Waals surface area contributed by atoms with Crippen LogP contribution in [-0.4, -0.2) is 76.3 Å². The Morgan fingerprint density at radius 2 is 1.96 bits per heavy atom. The molecule has 1 fully saturated rings. The number of allylic oxidation sites excluding steroid dienone is 2. The quantitative estimate of drug-likeness (QED) is 0.173. The molecular formula is C32H30F4N8O2S. The predicted octanol–water partition coefficient (Wildman–Crippen LogP) is 4.88. The lowest BCUT2D eigenvalue weighted by atomic mass is 9.90. The number of halogens is 4. The maximum Gasteiger partial charge on any atom is 0.261 e. The molecule has 244 valence electrons. The van der Waals surface area contributed by atoms with Crippen LogP contribution in [0.5, 0.6) is 0 Å². The van der Waals surface area contributed by atoms with Crippen LogP contribution in [0.3, 0.4) is 0 Å². The van der Waals surface area contributed by atoms with Gasteiger partial charge in [0.15, 0.2) is 11.6 Å². The van der Waals surface area contributed by atoms with Gasteiger partial charge in [0, 0.05) is 49.2 Å². The van der Waals surface area contributed by atoms with E-state index in [4.69, 9.17) is 10.7 Å². The van der Waals surface area contributed by atoms with Crippen molar-refractivity contribution >= 4 is 37.5 Å². The second kappa shape index (κ2) is 11.7. The molecule has 15 heteroatoms. The molecule has 4 heterocycles. The fourth-order valence-electron chi connectivity index (χ4n) is 6.13. The summed E-state index contributed by atoms with van der Waals surface area (Å²) in [6.07, 6.45) is 6.61. The Kier molecular flexibility index (Phi) is 7.74. The first-order valence-corrected chi connectivity index (χ1v) is 16.7. The van der Waals surface area contributed by atoms with E-state index in [-0.39, 0.29) is 37.6 Å². The molecule has 1 unspecified atom stereocenters. The highest BCUT2D eigenvalue weighted by molar-refractivity contribution is 7.88. The SMILES string of the molecule is CS(=O)(=O)NCc1cc(F)cc(-c2nccc3[nH]c(-c4[nH]nc5c(F)cc(C6=CCC(N)C(CN7CCC(F)(F)C7)=C6)cc45)nc23)c1. The minimum atomic E-state index is -3.50. The third-order valence-corrected chi connectivity index (χ3v) is 9.09. The van der Waals surface area contributed by atoms with Gasteiger partial charge in [-0.05, 0) is 65.1 Å². The number of fused-ring (bicyclic) bond motifs is 2. The Hall–Kier alpha value is -4.44. The van der Waals surface area contributed by atoms with Crippen LogP contribution in [0.15, 0.2) is 60.3 Å². The summed E-state index contributed by atoms with van der Waals surface area (Å²) in [5.41, 5.74) is 11.1. The Bertz CT molecular complexity index is 2210. The highest BCUT2D eigenvalue weighted by Crippen LogP contribution is 2.35. The van der Waals surface area contributed by atoms with Crippen LogP contribution in [0.2, 0.25) is 0 Å². The van der Waals surface area contributed by atoms with Gasteiger partial charge < -0.3 is 10.7 Å². The third-order valence-electron chi connectivity index (χ3n) is 8.42. The van der Waals surface area contributed by atoms with E-state index < -0.39 is 27.6 Å². The molecule has 10 nitrogen and oxygen atoms in total. The van der Waals surface area contributed by atoms with Crippen LogP contribution >= 0.6 is 0 Å². The lowest BCUT2D eigenvalue weighted by Crippen LogP contribution is -2.34.